The van der Waals surface area contributed by atoms with E-state index in [0.717, 1.165) is 0 Å². The molecule has 0 saturated heterocycles. The van der Waals surface area contributed by atoms with Gasteiger partial charge in [-0.1, -0.05) is 17.3 Å². The lowest BCUT2D eigenvalue weighted by atomic mass is 10.1. The number of benzene rings is 2. The Morgan fingerprint density at radius 1 is 1.19 bits per heavy atom. The summed E-state index contributed by atoms with van der Waals surface area (Å²) in [6.07, 6.45) is 0. The van der Waals surface area contributed by atoms with Crippen LogP contribution in [0.2, 0.25) is 0 Å². The smallest absolute Gasteiger partial charge is 0.173 e. The van der Waals surface area contributed by atoms with Gasteiger partial charge in [0.05, 0.1) is 12.7 Å². The Morgan fingerprint density at radius 3 is 2.48 bits per heavy atom. The van der Waals surface area contributed by atoms with Crippen molar-refractivity contribution in [2.45, 2.75) is 6.61 Å². The second kappa shape index (κ2) is 6.60. The van der Waals surface area contributed by atoms with Gasteiger partial charge < -0.3 is 20.4 Å². The van der Waals surface area contributed by atoms with Crippen LogP contribution >= 0.6 is 0 Å². The molecule has 0 amide bonds. The lowest BCUT2D eigenvalue weighted by molar-refractivity contribution is 0.299. The average Bonchev–Trinajstić information content (AvgIpc) is 2.53. The maximum atomic E-state index is 14.2. The van der Waals surface area contributed by atoms with E-state index in [1.54, 1.807) is 43.5 Å². The summed E-state index contributed by atoms with van der Waals surface area (Å²) in [6, 6.07) is 11.6. The first-order valence-electron chi connectivity index (χ1n) is 6.18. The van der Waals surface area contributed by atoms with Crippen molar-refractivity contribution in [1.82, 2.24) is 0 Å². The zero-order chi connectivity index (χ0) is 15.2. The molecule has 0 heterocycles. The molecule has 0 aliphatic carbocycles. The molecule has 0 atom stereocenters. The first-order chi connectivity index (χ1) is 10.2. The largest absolute Gasteiger partial charge is 0.497 e. The van der Waals surface area contributed by atoms with Crippen LogP contribution in [0, 0.1) is 5.82 Å². The van der Waals surface area contributed by atoms with Gasteiger partial charge in [-0.05, 0) is 30.3 Å². The molecule has 0 saturated carbocycles. The second-order valence-corrected chi connectivity index (χ2v) is 4.23. The summed E-state index contributed by atoms with van der Waals surface area (Å²) in [6.45, 7) is 0.0325. The first-order valence-corrected chi connectivity index (χ1v) is 6.18. The van der Waals surface area contributed by atoms with E-state index >= 15 is 0 Å². The molecule has 2 aromatic rings. The fourth-order valence-corrected chi connectivity index (χ4v) is 1.78. The highest BCUT2D eigenvalue weighted by Crippen LogP contribution is 2.20. The minimum absolute atomic E-state index is 0.0325. The lowest BCUT2D eigenvalue weighted by Gasteiger charge is -2.10. The topological polar surface area (TPSA) is 77.1 Å². The van der Waals surface area contributed by atoms with E-state index in [9.17, 15) is 4.39 Å². The lowest BCUT2D eigenvalue weighted by Crippen LogP contribution is -2.16. The number of ether oxygens (including phenoxy) is 2. The highest BCUT2D eigenvalue weighted by Gasteiger charge is 2.11. The Labute approximate surface area is 121 Å². The summed E-state index contributed by atoms with van der Waals surface area (Å²) < 4.78 is 24.7. The van der Waals surface area contributed by atoms with E-state index in [1.165, 1.54) is 6.07 Å². The van der Waals surface area contributed by atoms with Crippen molar-refractivity contribution in [3.05, 3.63) is 59.4 Å². The van der Waals surface area contributed by atoms with Crippen molar-refractivity contribution in [3.8, 4) is 11.5 Å². The van der Waals surface area contributed by atoms with E-state index in [2.05, 4.69) is 5.16 Å². The van der Waals surface area contributed by atoms with Gasteiger partial charge in [0.15, 0.2) is 5.84 Å². The van der Waals surface area contributed by atoms with E-state index in [0.29, 0.717) is 17.1 Å². The Morgan fingerprint density at radius 2 is 1.86 bits per heavy atom. The Hall–Kier alpha value is -2.76. The van der Waals surface area contributed by atoms with Crippen LogP contribution < -0.4 is 15.2 Å². The molecule has 0 radical (unpaired) electrons. The van der Waals surface area contributed by atoms with Crippen LogP contribution in [-0.4, -0.2) is 18.2 Å². The Balaban J connectivity index is 2.12. The van der Waals surface area contributed by atoms with Crippen LogP contribution in [-0.2, 0) is 6.61 Å². The maximum Gasteiger partial charge on any atom is 0.173 e. The fourth-order valence-electron chi connectivity index (χ4n) is 1.78. The molecule has 3 N–H and O–H groups in total. The van der Waals surface area contributed by atoms with Crippen molar-refractivity contribution >= 4 is 5.84 Å². The third-order valence-electron chi connectivity index (χ3n) is 2.92. The molecule has 0 spiro atoms. The molecule has 2 rings (SSSR count). The average molecular weight is 290 g/mol. The van der Waals surface area contributed by atoms with Crippen LogP contribution in [0.5, 0.6) is 11.5 Å². The highest BCUT2D eigenvalue weighted by molar-refractivity contribution is 5.97. The van der Waals surface area contributed by atoms with Crippen LogP contribution in [0.25, 0.3) is 0 Å². The number of rotatable bonds is 5. The molecular formula is C15H15FN2O3. The molecule has 0 unspecified atom stereocenters. The monoisotopic (exact) mass is 290 g/mol. The van der Waals surface area contributed by atoms with E-state index in [4.69, 9.17) is 20.4 Å². The summed E-state index contributed by atoms with van der Waals surface area (Å²) in [5.41, 5.74) is 5.76. The Kier molecular flexibility index (Phi) is 4.61. The molecule has 0 bridgehead atoms. The molecule has 0 aromatic heterocycles. The number of hydrogen-bond donors (Lipinski definition) is 2. The van der Waals surface area contributed by atoms with Crippen molar-refractivity contribution in [1.29, 1.82) is 0 Å². The Bertz CT molecular complexity index is 642. The van der Waals surface area contributed by atoms with Crippen LogP contribution in [0.15, 0.2) is 47.6 Å². The molecule has 110 valence electrons. The van der Waals surface area contributed by atoms with Gasteiger partial charge in [-0.2, -0.15) is 0 Å². The zero-order valence-electron chi connectivity index (χ0n) is 11.4. The van der Waals surface area contributed by atoms with E-state index in [1.807, 2.05) is 0 Å². The minimum atomic E-state index is -0.568. The number of oxime groups is 1. The number of amidine groups is 1. The standard InChI is InChI=1S/C15H15FN2O3/c1-20-11-5-7-12(8-6-11)21-9-10-3-2-4-13(14(10)16)15(17)18-19/h2-8,19H,9H2,1H3,(H2,17,18). The number of nitrogens with zero attached hydrogens (tertiary/aromatic N) is 1. The predicted octanol–water partition coefficient (Wildman–Crippen LogP) is 2.51. The van der Waals surface area contributed by atoms with Crippen LogP contribution in [0.3, 0.4) is 0 Å². The van der Waals surface area contributed by atoms with Crippen LogP contribution in [0.4, 0.5) is 4.39 Å². The molecule has 6 heteroatoms. The van der Waals surface area contributed by atoms with Gasteiger partial charge in [-0.3, -0.25) is 0 Å². The van der Waals surface area contributed by atoms with Gasteiger partial charge in [0, 0.05) is 5.56 Å². The van der Waals surface area contributed by atoms with Crippen molar-refractivity contribution in [2.75, 3.05) is 7.11 Å². The quantitative estimate of drug-likeness (QED) is 0.384. The summed E-state index contributed by atoms with van der Waals surface area (Å²) in [4.78, 5) is 0. The van der Waals surface area contributed by atoms with Crippen molar-refractivity contribution < 1.29 is 19.1 Å². The third-order valence-corrected chi connectivity index (χ3v) is 2.92. The van der Waals surface area contributed by atoms with Gasteiger partial charge in [0.1, 0.15) is 23.9 Å². The molecular weight excluding hydrogens is 275 g/mol. The van der Waals surface area contributed by atoms with Gasteiger partial charge in [-0.25, -0.2) is 4.39 Å². The van der Waals surface area contributed by atoms with Crippen LogP contribution in [0.1, 0.15) is 11.1 Å². The van der Waals surface area contributed by atoms with Gasteiger partial charge in [0.25, 0.3) is 0 Å². The number of halogens is 1. The highest BCUT2D eigenvalue weighted by atomic mass is 19.1. The fraction of sp³-hybridized carbons (Fsp3) is 0.133. The normalized spacial score (nSPS) is 11.2. The van der Waals surface area contributed by atoms with Crippen molar-refractivity contribution in [2.24, 2.45) is 10.9 Å². The number of nitrogens with two attached hydrogens (primary N) is 1. The third kappa shape index (κ3) is 3.42. The summed E-state index contributed by atoms with van der Waals surface area (Å²) in [5, 5.41) is 11.4. The minimum Gasteiger partial charge on any atom is -0.497 e. The summed E-state index contributed by atoms with van der Waals surface area (Å²) >= 11 is 0. The van der Waals surface area contributed by atoms with Crippen molar-refractivity contribution in [3.63, 3.8) is 0 Å². The molecule has 5 nitrogen and oxygen atoms in total. The molecule has 2 aromatic carbocycles. The number of methoxy groups -OCH3 is 1. The van der Waals surface area contributed by atoms with E-state index < -0.39 is 5.82 Å². The second-order valence-electron chi connectivity index (χ2n) is 4.23. The van der Waals surface area contributed by atoms with Gasteiger partial charge in [-0.15, -0.1) is 0 Å². The zero-order valence-corrected chi connectivity index (χ0v) is 11.4. The first kappa shape index (κ1) is 14.6. The maximum absolute atomic E-state index is 14.2. The molecule has 0 fully saturated rings. The molecule has 21 heavy (non-hydrogen) atoms. The molecule has 0 aliphatic heterocycles. The van der Waals surface area contributed by atoms with Gasteiger partial charge >= 0.3 is 0 Å². The summed E-state index contributed by atoms with van der Waals surface area (Å²) in [5.74, 6) is 0.451. The van der Waals surface area contributed by atoms with E-state index in [-0.39, 0.29) is 18.0 Å². The SMILES string of the molecule is COc1ccc(OCc2cccc(/C(N)=N/O)c2F)cc1. The number of hydrogen-bond acceptors (Lipinski definition) is 4. The molecule has 0 aliphatic rings. The van der Waals surface area contributed by atoms with Gasteiger partial charge in [0.2, 0.25) is 0 Å². The summed E-state index contributed by atoms with van der Waals surface area (Å²) in [7, 11) is 1.57. The predicted molar refractivity (Wildman–Crippen MR) is 76.2 cm³/mol.